The highest BCUT2D eigenvalue weighted by atomic mass is 79.9. The van der Waals surface area contributed by atoms with Crippen LogP contribution in [0.2, 0.25) is 0 Å². The van der Waals surface area contributed by atoms with E-state index in [1.165, 1.54) is 18.6 Å². The molecular formula is C11H12BrFO2. The molecule has 0 unspecified atom stereocenters. The summed E-state index contributed by atoms with van der Waals surface area (Å²) in [4.78, 5) is 0. The first-order valence-corrected chi connectivity index (χ1v) is 5.75. The summed E-state index contributed by atoms with van der Waals surface area (Å²) in [5.74, 6) is 0.204. The van der Waals surface area contributed by atoms with Crippen LogP contribution in [0.1, 0.15) is 24.8 Å². The predicted molar refractivity (Wildman–Crippen MR) is 58.3 cm³/mol. The Morgan fingerprint density at radius 1 is 1.47 bits per heavy atom. The van der Waals surface area contributed by atoms with Crippen LogP contribution in [0.4, 0.5) is 4.39 Å². The molecule has 82 valence electrons. The van der Waals surface area contributed by atoms with Crippen LogP contribution in [-0.2, 0) is 6.61 Å². The highest BCUT2D eigenvalue weighted by molar-refractivity contribution is 9.10. The Morgan fingerprint density at radius 3 is 2.73 bits per heavy atom. The van der Waals surface area contributed by atoms with Gasteiger partial charge in [-0.25, -0.2) is 4.39 Å². The molecule has 1 saturated carbocycles. The Bertz CT molecular complexity index is 364. The molecule has 2 nitrogen and oxygen atoms in total. The third kappa shape index (κ3) is 2.32. The highest BCUT2D eigenvalue weighted by Gasteiger charge is 2.22. The highest BCUT2D eigenvalue weighted by Crippen LogP contribution is 2.34. The van der Waals surface area contributed by atoms with E-state index < -0.39 is 0 Å². The molecule has 1 aromatic carbocycles. The van der Waals surface area contributed by atoms with Crippen LogP contribution in [0.25, 0.3) is 0 Å². The molecule has 0 atom stereocenters. The summed E-state index contributed by atoms with van der Waals surface area (Å²) < 4.78 is 19.3. The fourth-order valence-electron chi connectivity index (χ4n) is 1.52. The molecule has 0 radical (unpaired) electrons. The number of halogens is 2. The summed E-state index contributed by atoms with van der Waals surface area (Å²) in [6.07, 6.45) is 3.47. The molecule has 0 heterocycles. The quantitative estimate of drug-likeness (QED) is 0.918. The van der Waals surface area contributed by atoms with Gasteiger partial charge in [0.1, 0.15) is 11.6 Å². The van der Waals surface area contributed by atoms with Crippen LogP contribution >= 0.6 is 15.9 Å². The van der Waals surface area contributed by atoms with Gasteiger partial charge in [-0.05, 0) is 47.3 Å². The van der Waals surface area contributed by atoms with Crippen molar-refractivity contribution >= 4 is 15.9 Å². The number of aliphatic hydroxyl groups excluding tert-OH is 1. The normalized spacial score (nSPS) is 16.2. The van der Waals surface area contributed by atoms with E-state index in [4.69, 9.17) is 9.84 Å². The lowest BCUT2D eigenvalue weighted by atomic mass is 9.96. The summed E-state index contributed by atoms with van der Waals surface area (Å²) in [5.41, 5.74) is 0.494. The van der Waals surface area contributed by atoms with Crippen molar-refractivity contribution in [2.45, 2.75) is 32.0 Å². The van der Waals surface area contributed by atoms with Crippen LogP contribution in [0, 0.1) is 5.82 Å². The summed E-state index contributed by atoms with van der Waals surface area (Å²) in [6, 6.07) is 2.66. The molecule has 0 aromatic heterocycles. The Morgan fingerprint density at radius 2 is 2.20 bits per heavy atom. The number of rotatable bonds is 3. The van der Waals surface area contributed by atoms with Gasteiger partial charge in [0, 0.05) is 5.56 Å². The van der Waals surface area contributed by atoms with Crippen molar-refractivity contribution in [1.82, 2.24) is 0 Å². The first kappa shape index (κ1) is 10.9. The summed E-state index contributed by atoms with van der Waals surface area (Å²) in [6.45, 7) is -0.210. The van der Waals surface area contributed by atoms with Gasteiger partial charge in [-0.1, -0.05) is 0 Å². The van der Waals surface area contributed by atoms with Gasteiger partial charge in [-0.3, -0.25) is 0 Å². The van der Waals surface area contributed by atoms with Gasteiger partial charge in [0.05, 0.1) is 17.2 Å². The predicted octanol–water partition coefficient (Wildman–Crippen LogP) is 3.01. The van der Waals surface area contributed by atoms with E-state index >= 15 is 0 Å². The van der Waals surface area contributed by atoms with E-state index in [2.05, 4.69) is 15.9 Å². The lowest BCUT2D eigenvalue weighted by Gasteiger charge is -2.27. The lowest BCUT2D eigenvalue weighted by Crippen LogP contribution is -2.25. The van der Waals surface area contributed by atoms with Gasteiger partial charge in [0.15, 0.2) is 0 Å². The maximum absolute atomic E-state index is 13.0. The molecule has 0 aliphatic heterocycles. The molecule has 0 saturated heterocycles. The molecule has 15 heavy (non-hydrogen) atoms. The molecule has 0 bridgehead atoms. The third-order valence-corrected chi connectivity index (χ3v) is 3.18. The van der Waals surface area contributed by atoms with Crippen molar-refractivity contribution in [3.05, 3.63) is 28.0 Å². The molecule has 1 fully saturated rings. The second-order valence-corrected chi connectivity index (χ2v) is 4.56. The lowest BCUT2D eigenvalue weighted by molar-refractivity contribution is 0.115. The number of aliphatic hydroxyl groups is 1. The minimum atomic E-state index is -0.369. The second-order valence-electron chi connectivity index (χ2n) is 3.70. The van der Waals surface area contributed by atoms with Crippen molar-refractivity contribution in [3.8, 4) is 5.75 Å². The SMILES string of the molecule is OCc1cc(F)cc(Br)c1OC1CCC1. The van der Waals surface area contributed by atoms with Gasteiger partial charge in [-0.15, -0.1) is 0 Å². The van der Waals surface area contributed by atoms with Gasteiger partial charge < -0.3 is 9.84 Å². The molecule has 1 aromatic rings. The number of hydrogen-bond acceptors (Lipinski definition) is 2. The topological polar surface area (TPSA) is 29.5 Å². The van der Waals surface area contributed by atoms with Crippen LogP contribution in [0.3, 0.4) is 0 Å². The zero-order chi connectivity index (χ0) is 10.8. The maximum atomic E-state index is 13.0. The Kier molecular flexibility index (Phi) is 3.26. The minimum Gasteiger partial charge on any atom is -0.489 e. The largest absolute Gasteiger partial charge is 0.489 e. The second kappa shape index (κ2) is 4.49. The van der Waals surface area contributed by atoms with Crippen molar-refractivity contribution in [1.29, 1.82) is 0 Å². The zero-order valence-corrected chi connectivity index (χ0v) is 9.76. The summed E-state index contributed by atoms with van der Waals surface area (Å²) >= 11 is 3.24. The smallest absolute Gasteiger partial charge is 0.139 e. The number of ether oxygens (including phenoxy) is 1. The average Bonchev–Trinajstić information content (AvgIpc) is 2.12. The van der Waals surface area contributed by atoms with Crippen molar-refractivity contribution < 1.29 is 14.2 Å². The summed E-state index contributed by atoms with van der Waals surface area (Å²) in [5, 5.41) is 9.10. The van der Waals surface area contributed by atoms with Gasteiger partial charge >= 0.3 is 0 Å². The van der Waals surface area contributed by atoms with E-state index in [1.807, 2.05) is 0 Å². The van der Waals surface area contributed by atoms with E-state index in [0.29, 0.717) is 15.8 Å². The summed E-state index contributed by atoms with van der Waals surface area (Å²) in [7, 11) is 0. The van der Waals surface area contributed by atoms with Crippen molar-refractivity contribution in [3.63, 3.8) is 0 Å². The molecular weight excluding hydrogens is 263 g/mol. The number of benzene rings is 1. The van der Waals surface area contributed by atoms with E-state index in [0.717, 1.165) is 12.8 Å². The Hall–Kier alpha value is -0.610. The average molecular weight is 275 g/mol. The fourth-order valence-corrected chi connectivity index (χ4v) is 2.09. The van der Waals surface area contributed by atoms with Crippen molar-refractivity contribution in [2.24, 2.45) is 0 Å². The molecule has 4 heteroatoms. The molecule has 0 spiro atoms. The van der Waals surface area contributed by atoms with Gasteiger partial charge in [-0.2, -0.15) is 0 Å². The molecule has 1 N–H and O–H groups in total. The third-order valence-electron chi connectivity index (χ3n) is 2.59. The van der Waals surface area contributed by atoms with Gasteiger partial charge in [0.25, 0.3) is 0 Å². The van der Waals surface area contributed by atoms with Gasteiger partial charge in [0.2, 0.25) is 0 Å². The molecule has 2 rings (SSSR count). The zero-order valence-electron chi connectivity index (χ0n) is 8.17. The maximum Gasteiger partial charge on any atom is 0.139 e. The van der Waals surface area contributed by atoms with E-state index in [-0.39, 0.29) is 18.5 Å². The first-order chi connectivity index (χ1) is 7.20. The Labute approximate surface area is 96.2 Å². The fraction of sp³-hybridized carbons (Fsp3) is 0.455. The van der Waals surface area contributed by atoms with Crippen LogP contribution in [-0.4, -0.2) is 11.2 Å². The van der Waals surface area contributed by atoms with E-state index in [9.17, 15) is 4.39 Å². The van der Waals surface area contributed by atoms with Crippen molar-refractivity contribution in [2.75, 3.05) is 0 Å². The van der Waals surface area contributed by atoms with Crippen LogP contribution in [0.5, 0.6) is 5.75 Å². The Balaban J connectivity index is 2.26. The number of hydrogen-bond donors (Lipinski definition) is 1. The molecule has 0 amide bonds. The van der Waals surface area contributed by atoms with E-state index in [1.54, 1.807) is 0 Å². The molecule has 1 aliphatic carbocycles. The van der Waals surface area contributed by atoms with Crippen LogP contribution < -0.4 is 4.74 Å². The standard InChI is InChI=1S/C11H12BrFO2/c12-10-5-8(13)4-7(6-14)11(10)15-9-2-1-3-9/h4-5,9,14H,1-3,6H2. The minimum absolute atomic E-state index is 0.210. The monoisotopic (exact) mass is 274 g/mol. The first-order valence-electron chi connectivity index (χ1n) is 4.96. The van der Waals surface area contributed by atoms with Crippen LogP contribution in [0.15, 0.2) is 16.6 Å². The molecule has 1 aliphatic rings.